The van der Waals surface area contributed by atoms with Crippen LogP contribution in [-0.4, -0.2) is 0 Å². The average molecular weight is 1130 g/mol. The van der Waals surface area contributed by atoms with Crippen molar-refractivity contribution in [3.63, 3.8) is 0 Å². The first-order valence-electron chi connectivity index (χ1n) is 31.4. The molecule has 0 saturated heterocycles. The molecule has 0 nitrogen and oxygen atoms in total. The summed E-state index contributed by atoms with van der Waals surface area (Å²) >= 11 is 0. The largest absolute Gasteiger partial charge is 0.0654 e. The van der Waals surface area contributed by atoms with Crippen molar-refractivity contribution in [2.24, 2.45) is 51.8 Å². The molecule has 0 heterocycles. The fourth-order valence-corrected chi connectivity index (χ4v) is 14.5. The van der Waals surface area contributed by atoms with Crippen LogP contribution in [0.5, 0.6) is 0 Å². The van der Waals surface area contributed by atoms with E-state index in [4.69, 9.17) is 0 Å². The maximum absolute atomic E-state index is 2.46. The Hall–Kier alpha value is 2.08. The minimum atomic E-state index is 0. The zero-order chi connectivity index (χ0) is 47.5. The molecule has 0 amide bonds. The van der Waals surface area contributed by atoms with E-state index in [1.54, 1.807) is 51.4 Å². The summed E-state index contributed by atoms with van der Waals surface area (Å²) in [5.74, 6) is 6.54. The summed E-state index contributed by atoms with van der Waals surface area (Å²) in [5, 5.41) is 0. The van der Waals surface area contributed by atoms with Gasteiger partial charge < -0.3 is 0 Å². The van der Waals surface area contributed by atoms with Gasteiger partial charge in [-0.05, 0) is 103 Å². The fourth-order valence-electron chi connectivity index (χ4n) is 14.5. The normalized spacial score (nSPS) is 21.1. The molecule has 0 spiro atoms. The third kappa shape index (κ3) is 35.9. The minimum absolute atomic E-state index is 0. The summed E-state index contributed by atoms with van der Waals surface area (Å²) < 4.78 is 0. The molecule has 69 heavy (non-hydrogen) atoms. The molecule has 8 aliphatic rings. The summed E-state index contributed by atoms with van der Waals surface area (Å²) in [4.78, 5) is 0. The molecule has 1 unspecified atom stereocenters. The van der Waals surface area contributed by atoms with E-state index in [-0.39, 0.29) is 68.3 Å². The van der Waals surface area contributed by atoms with Crippen LogP contribution >= 0.6 is 0 Å². The van der Waals surface area contributed by atoms with Crippen LogP contribution in [-0.2, 0) is 68.3 Å². The van der Waals surface area contributed by atoms with Crippen LogP contribution in [0.3, 0.4) is 0 Å². The Labute approximate surface area is 480 Å². The van der Waals surface area contributed by atoms with Gasteiger partial charge in [0, 0.05) is 68.3 Å². The Morgan fingerprint density at radius 2 is 0.565 bits per heavy atom. The van der Waals surface area contributed by atoms with Crippen LogP contribution in [0, 0.1) is 51.8 Å². The molecule has 8 saturated carbocycles. The monoisotopic (exact) mass is 1130 g/mol. The number of unbranched alkanes of at least 4 members (excludes halogenated alkanes) is 1. The summed E-state index contributed by atoms with van der Waals surface area (Å²) in [6.45, 7) is 23.5. The molecule has 0 bridgehead atoms. The minimum Gasteiger partial charge on any atom is -0.0654 e. The quantitative estimate of drug-likeness (QED) is 0.152. The molecule has 0 N–H and O–H groups in total. The maximum atomic E-state index is 2.46. The van der Waals surface area contributed by atoms with Crippen molar-refractivity contribution < 1.29 is 68.3 Å². The van der Waals surface area contributed by atoms with Crippen molar-refractivity contribution in [1.29, 1.82) is 0 Å². The van der Waals surface area contributed by atoms with Gasteiger partial charge in [-0.1, -0.05) is 313 Å². The first kappa shape index (κ1) is 75.3. The number of rotatable bonds is 14. The van der Waals surface area contributed by atoms with Crippen molar-refractivity contribution in [3.8, 4) is 0 Å². The van der Waals surface area contributed by atoms with E-state index in [2.05, 4.69) is 69.2 Å². The predicted octanol–water partition coefficient (Wildman–Crippen LogP) is 23.8. The summed E-state index contributed by atoms with van der Waals surface area (Å²) in [7, 11) is 0. The Morgan fingerprint density at radius 1 is 0.319 bits per heavy atom. The second kappa shape index (κ2) is 47.3. The van der Waals surface area contributed by atoms with Gasteiger partial charge in [0.2, 0.25) is 0 Å². The van der Waals surface area contributed by atoms with Crippen LogP contribution in [0.15, 0.2) is 0 Å². The molecule has 4 heteroatoms. The molecule has 8 aliphatic carbocycles. The van der Waals surface area contributed by atoms with Gasteiger partial charge in [0.05, 0.1) is 0 Å². The van der Waals surface area contributed by atoms with Gasteiger partial charge in [0.25, 0.3) is 0 Å². The second-order valence-corrected chi connectivity index (χ2v) is 26.4. The topological polar surface area (TPSA) is 0 Å². The summed E-state index contributed by atoms with van der Waals surface area (Å²) in [6, 6.07) is 0. The van der Waals surface area contributed by atoms with Crippen LogP contribution in [0.2, 0.25) is 0 Å². The van der Waals surface area contributed by atoms with E-state index in [9.17, 15) is 0 Å². The summed E-state index contributed by atoms with van der Waals surface area (Å²) in [6.07, 6.45) is 69.0. The Bertz CT molecular complexity index is 879. The Morgan fingerprint density at radius 3 is 0.768 bits per heavy atom. The van der Waals surface area contributed by atoms with E-state index >= 15 is 0 Å². The van der Waals surface area contributed by atoms with Crippen molar-refractivity contribution in [1.82, 2.24) is 0 Å². The average Bonchev–Trinajstić information content (AvgIpc) is 4.16. The van der Waals surface area contributed by atoms with E-state index in [1.807, 2.05) is 0 Å². The third-order valence-corrected chi connectivity index (χ3v) is 18.3. The molecule has 0 aromatic carbocycles. The predicted molar refractivity (Wildman–Crippen MR) is 297 cm³/mol. The smallest absolute Gasteiger partial charge is 0 e. The molecule has 0 aliphatic heterocycles. The second-order valence-electron chi connectivity index (χ2n) is 26.4. The van der Waals surface area contributed by atoms with Crippen molar-refractivity contribution in [2.45, 2.75) is 365 Å². The van der Waals surface area contributed by atoms with E-state index < -0.39 is 0 Å². The zero-order valence-electron chi connectivity index (χ0n) is 48.9. The Balaban J connectivity index is -0.000000781. The number of hydrogen-bond donors (Lipinski definition) is 0. The van der Waals surface area contributed by atoms with Crippen molar-refractivity contribution in [2.75, 3.05) is 0 Å². The van der Waals surface area contributed by atoms with Gasteiger partial charge in [-0.2, -0.15) is 0 Å². The van der Waals surface area contributed by atoms with Gasteiger partial charge >= 0.3 is 0 Å². The van der Waals surface area contributed by atoms with Gasteiger partial charge in [0.1, 0.15) is 0 Å². The Kier molecular flexibility index (Phi) is 51.6. The summed E-state index contributed by atoms with van der Waals surface area (Å²) in [5.41, 5.74) is 1.77. The van der Waals surface area contributed by atoms with Crippen LogP contribution in [0.1, 0.15) is 365 Å². The third-order valence-electron chi connectivity index (χ3n) is 18.3. The van der Waals surface area contributed by atoms with Crippen LogP contribution in [0.25, 0.3) is 0 Å². The molecule has 8 fully saturated rings. The van der Waals surface area contributed by atoms with Crippen molar-refractivity contribution >= 4 is 0 Å². The molecular formula is C65H128Fe4. The van der Waals surface area contributed by atoms with E-state index in [0.29, 0.717) is 10.8 Å². The van der Waals surface area contributed by atoms with E-state index in [1.165, 1.54) is 244 Å². The van der Waals surface area contributed by atoms with Gasteiger partial charge in [-0.25, -0.2) is 0 Å². The van der Waals surface area contributed by atoms with Crippen LogP contribution in [0.4, 0.5) is 0 Å². The SMILES string of the molecule is C1CCCC1.C1CCCC1.C1CCCC1.C1CCCC1.CC(C)(C)CCC(C)(C)C.CCCC(CCC)(C1CCCC1)C1CCCC1.CCCCC(CC)C(C1CCCC1)C1CCCC1.[Fe].[Fe].[Fe].[Fe]. The molecule has 420 valence electrons. The molecule has 8 rings (SSSR count). The van der Waals surface area contributed by atoms with Gasteiger partial charge in [-0.3, -0.25) is 0 Å². The van der Waals surface area contributed by atoms with Crippen molar-refractivity contribution in [3.05, 3.63) is 0 Å². The standard InChI is InChI=1S/C18H34.C17H32.C10H22.4C5H10.4Fe/c1-3-5-10-15(4-2)18(16-11-6-7-12-16)17-13-8-9-14-17;1-3-13-17(14-4-2,15-9-5-6-10-15)16-11-7-8-12-16;1-9(2,3)7-8-10(4,5)6;4*1-2-4-5-3-1;;;;/h15-18H,3-14H2,1-2H3;15-16H,3-14H2,1-2H3;7-8H2,1-6H3;4*1-5H2;;;;. The molecule has 0 radical (unpaired) electrons. The first-order chi connectivity index (χ1) is 31.4. The number of hydrogen-bond acceptors (Lipinski definition) is 0. The van der Waals surface area contributed by atoms with Gasteiger partial charge in [0.15, 0.2) is 0 Å². The van der Waals surface area contributed by atoms with Gasteiger partial charge in [-0.15, -0.1) is 0 Å². The maximum Gasteiger partial charge on any atom is 0 e. The van der Waals surface area contributed by atoms with Crippen LogP contribution < -0.4 is 0 Å². The fraction of sp³-hybridized carbons (Fsp3) is 1.00. The van der Waals surface area contributed by atoms with E-state index in [0.717, 1.165) is 40.9 Å². The first-order valence-corrected chi connectivity index (χ1v) is 31.4. The molecule has 1 atom stereocenters. The zero-order valence-corrected chi connectivity index (χ0v) is 53.3. The molecule has 0 aromatic heterocycles. The molecule has 0 aromatic rings. The molecular weight excluding hydrogens is 1000 g/mol.